The Morgan fingerprint density at radius 1 is 1.32 bits per heavy atom. The number of aryl methyl sites for hydroxylation is 1. The Hall–Kier alpha value is -2.01. The van der Waals surface area contributed by atoms with E-state index < -0.39 is 12.1 Å². The summed E-state index contributed by atoms with van der Waals surface area (Å²) >= 11 is 6.18. The van der Waals surface area contributed by atoms with E-state index >= 15 is 0 Å². The maximum atomic E-state index is 12.1. The molecule has 0 aliphatic heterocycles. The number of ether oxygens (including phenoxy) is 1. The van der Waals surface area contributed by atoms with Crippen molar-refractivity contribution < 1.29 is 19.1 Å². The minimum absolute atomic E-state index is 0.157. The van der Waals surface area contributed by atoms with Gasteiger partial charge >= 0.3 is 5.63 Å². The summed E-state index contributed by atoms with van der Waals surface area (Å²) in [5.41, 5.74) is 1.70. The first kappa shape index (κ1) is 14.9. The summed E-state index contributed by atoms with van der Waals surface area (Å²) < 4.78 is 10.6. The molecule has 3 rings (SSSR count). The van der Waals surface area contributed by atoms with Gasteiger partial charge in [-0.3, -0.25) is 0 Å². The van der Waals surface area contributed by atoms with Crippen LogP contribution in [-0.4, -0.2) is 12.1 Å². The quantitative estimate of drug-likeness (QED) is 0.806. The van der Waals surface area contributed by atoms with Gasteiger partial charge in [-0.15, -0.1) is 0 Å². The Morgan fingerprint density at radius 2 is 2.00 bits per heavy atom. The third kappa shape index (κ3) is 2.57. The maximum Gasteiger partial charge on any atom is 0.339 e. The molecular formula is C16H14ClO5-. The minimum atomic E-state index is -1.34. The number of carboxylic acids is 1. The maximum absolute atomic E-state index is 12.1. The molecule has 2 aromatic rings. The van der Waals surface area contributed by atoms with Crippen LogP contribution in [0.25, 0.3) is 11.0 Å². The van der Waals surface area contributed by atoms with Gasteiger partial charge < -0.3 is 19.1 Å². The molecule has 0 radical (unpaired) electrons. The lowest BCUT2D eigenvalue weighted by Crippen LogP contribution is -2.37. The van der Waals surface area contributed by atoms with Gasteiger partial charge in [0.25, 0.3) is 0 Å². The highest BCUT2D eigenvalue weighted by atomic mass is 35.5. The molecule has 1 atom stereocenters. The molecular weight excluding hydrogens is 308 g/mol. The van der Waals surface area contributed by atoms with E-state index in [0.717, 1.165) is 30.2 Å². The van der Waals surface area contributed by atoms with E-state index in [4.69, 9.17) is 20.8 Å². The van der Waals surface area contributed by atoms with Crippen molar-refractivity contribution >= 4 is 28.5 Å². The van der Waals surface area contributed by atoms with Crippen LogP contribution < -0.4 is 15.5 Å². The molecule has 5 nitrogen and oxygen atoms in total. The zero-order valence-corrected chi connectivity index (χ0v) is 12.7. The van der Waals surface area contributed by atoms with E-state index in [1.165, 1.54) is 13.0 Å². The molecule has 0 amide bonds. The predicted octanol–water partition coefficient (Wildman–Crippen LogP) is 1.84. The van der Waals surface area contributed by atoms with Crippen LogP contribution in [-0.2, 0) is 17.6 Å². The third-order valence-electron chi connectivity index (χ3n) is 3.91. The van der Waals surface area contributed by atoms with Gasteiger partial charge in [-0.1, -0.05) is 11.6 Å². The summed E-state index contributed by atoms with van der Waals surface area (Å²) in [5, 5.41) is 11.8. The average Bonchev–Trinajstić information content (AvgIpc) is 2.49. The van der Waals surface area contributed by atoms with Crippen LogP contribution in [0.4, 0.5) is 0 Å². The number of carbonyl (C=O) groups excluding carboxylic acids is 1. The van der Waals surface area contributed by atoms with Crippen molar-refractivity contribution in [2.24, 2.45) is 0 Å². The molecule has 0 unspecified atom stereocenters. The lowest BCUT2D eigenvalue weighted by atomic mass is 9.90. The van der Waals surface area contributed by atoms with Gasteiger partial charge in [-0.2, -0.15) is 0 Å². The molecule has 1 heterocycles. The standard InChI is InChI=1S/C16H15ClO5/c1-8(15(18)19)21-14-7-13-11(6-12(14)17)9-4-2-3-5-10(9)16(20)22-13/h6-8H,2-5H2,1H3,(H,18,19)/p-1/t8-/m0/s1. The summed E-state index contributed by atoms with van der Waals surface area (Å²) in [4.78, 5) is 22.8. The fourth-order valence-corrected chi connectivity index (χ4v) is 2.98. The minimum Gasteiger partial charge on any atom is -0.546 e. The highest BCUT2D eigenvalue weighted by molar-refractivity contribution is 6.32. The van der Waals surface area contributed by atoms with Gasteiger partial charge in [0.2, 0.25) is 0 Å². The van der Waals surface area contributed by atoms with Crippen LogP contribution in [0.2, 0.25) is 5.02 Å². The summed E-state index contributed by atoms with van der Waals surface area (Å²) in [7, 11) is 0. The smallest absolute Gasteiger partial charge is 0.339 e. The zero-order chi connectivity index (χ0) is 15.9. The van der Waals surface area contributed by atoms with Gasteiger partial charge in [0.1, 0.15) is 17.4 Å². The Labute approximate surface area is 131 Å². The number of hydrogen-bond donors (Lipinski definition) is 0. The number of carboxylic acid groups (broad SMARTS) is 1. The van der Waals surface area contributed by atoms with Crippen LogP contribution in [0.1, 0.15) is 30.9 Å². The van der Waals surface area contributed by atoms with Crippen molar-refractivity contribution in [3.63, 3.8) is 0 Å². The second-order valence-corrected chi connectivity index (χ2v) is 5.82. The van der Waals surface area contributed by atoms with E-state index in [1.807, 2.05) is 0 Å². The lowest BCUT2D eigenvalue weighted by molar-refractivity contribution is -0.312. The van der Waals surface area contributed by atoms with E-state index in [1.54, 1.807) is 6.07 Å². The van der Waals surface area contributed by atoms with Crippen LogP contribution >= 0.6 is 11.6 Å². The summed E-state index contributed by atoms with van der Waals surface area (Å²) in [5.74, 6) is -1.19. The molecule has 6 heteroatoms. The second-order valence-electron chi connectivity index (χ2n) is 5.41. The Bertz CT molecular complexity index is 808. The Morgan fingerprint density at radius 3 is 2.68 bits per heavy atom. The number of aliphatic carboxylic acids is 1. The molecule has 0 saturated heterocycles. The number of rotatable bonds is 3. The van der Waals surface area contributed by atoms with Crippen molar-refractivity contribution in [1.82, 2.24) is 0 Å². The Balaban J connectivity index is 2.14. The molecule has 1 aromatic heterocycles. The second kappa shape index (κ2) is 5.65. The van der Waals surface area contributed by atoms with E-state index in [0.29, 0.717) is 17.6 Å². The first-order chi connectivity index (χ1) is 10.5. The fourth-order valence-electron chi connectivity index (χ4n) is 2.77. The number of benzene rings is 1. The number of carbonyl (C=O) groups is 1. The highest BCUT2D eigenvalue weighted by Gasteiger charge is 2.20. The normalized spacial score (nSPS) is 15.4. The summed E-state index contributed by atoms with van der Waals surface area (Å²) in [6.07, 6.45) is 2.36. The molecule has 1 aromatic carbocycles. The molecule has 1 aliphatic carbocycles. The van der Waals surface area contributed by atoms with E-state index in [2.05, 4.69) is 0 Å². The van der Waals surface area contributed by atoms with Gasteiger partial charge in [0.05, 0.1) is 11.0 Å². The molecule has 0 spiro atoms. The summed E-state index contributed by atoms with van der Waals surface area (Å²) in [6.45, 7) is 1.35. The van der Waals surface area contributed by atoms with Crippen molar-refractivity contribution in [2.45, 2.75) is 38.7 Å². The van der Waals surface area contributed by atoms with Gasteiger partial charge in [0, 0.05) is 17.0 Å². The third-order valence-corrected chi connectivity index (χ3v) is 4.21. The van der Waals surface area contributed by atoms with Crippen LogP contribution in [0, 0.1) is 0 Å². The van der Waals surface area contributed by atoms with Crippen molar-refractivity contribution in [3.8, 4) is 5.75 Å². The van der Waals surface area contributed by atoms with Gasteiger partial charge in [-0.25, -0.2) is 4.79 Å². The first-order valence-electron chi connectivity index (χ1n) is 7.13. The first-order valence-corrected chi connectivity index (χ1v) is 7.51. The molecule has 0 saturated carbocycles. The monoisotopic (exact) mass is 321 g/mol. The largest absolute Gasteiger partial charge is 0.546 e. The lowest BCUT2D eigenvalue weighted by Gasteiger charge is -2.19. The van der Waals surface area contributed by atoms with E-state index in [-0.39, 0.29) is 16.4 Å². The number of halogens is 1. The van der Waals surface area contributed by atoms with Crippen LogP contribution in [0.3, 0.4) is 0 Å². The highest BCUT2D eigenvalue weighted by Crippen LogP contribution is 2.34. The van der Waals surface area contributed by atoms with Crippen LogP contribution in [0.15, 0.2) is 21.3 Å². The number of fused-ring (bicyclic) bond motifs is 3. The van der Waals surface area contributed by atoms with Gasteiger partial charge in [0.15, 0.2) is 0 Å². The van der Waals surface area contributed by atoms with E-state index in [9.17, 15) is 14.7 Å². The molecule has 0 bridgehead atoms. The van der Waals surface area contributed by atoms with Crippen LogP contribution in [0.5, 0.6) is 5.75 Å². The van der Waals surface area contributed by atoms with Crippen molar-refractivity contribution in [2.75, 3.05) is 0 Å². The number of hydrogen-bond acceptors (Lipinski definition) is 5. The molecule has 116 valence electrons. The summed E-state index contributed by atoms with van der Waals surface area (Å²) in [6, 6.07) is 3.13. The fraction of sp³-hybridized carbons (Fsp3) is 0.375. The average molecular weight is 322 g/mol. The topological polar surface area (TPSA) is 79.6 Å². The molecule has 0 fully saturated rings. The van der Waals surface area contributed by atoms with Crippen molar-refractivity contribution in [1.29, 1.82) is 0 Å². The molecule has 22 heavy (non-hydrogen) atoms. The molecule has 1 aliphatic rings. The SMILES string of the molecule is C[C@H](Oc1cc2oc(=O)c3c(c2cc1Cl)CCCC3)C(=O)[O-]. The Kier molecular flexibility index (Phi) is 3.83. The predicted molar refractivity (Wildman–Crippen MR) is 79.2 cm³/mol. The zero-order valence-electron chi connectivity index (χ0n) is 12.0. The van der Waals surface area contributed by atoms with Gasteiger partial charge in [-0.05, 0) is 44.2 Å². The van der Waals surface area contributed by atoms with Crippen molar-refractivity contribution in [3.05, 3.63) is 38.7 Å². The molecule has 0 N–H and O–H groups in total.